The van der Waals surface area contributed by atoms with Crippen LogP contribution in [0.5, 0.6) is 0 Å². The summed E-state index contributed by atoms with van der Waals surface area (Å²) in [6, 6.07) is 22.4. The van der Waals surface area contributed by atoms with Crippen LogP contribution in [-0.2, 0) is 27.2 Å². The van der Waals surface area contributed by atoms with Gasteiger partial charge >= 0.3 is 0 Å². The number of benzene rings is 3. The molecule has 0 aliphatic carbocycles. The molecular formula is C29H34N4O3. The molecule has 1 saturated heterocycles. The van der Waals surface area contributed by atoms with Crippen molar-refractivity contribution in [3.63, 3.8) is 0 Å². The van der Waals surface area contributed by atoms with Gasteiger partial charge in [-0.25, -0.2) is 0 Å². The van der Waals surface area contributed by atoms with Gasteiger partial charge in [-0.1, -0.05) is 72.8 Å². The fraction of sp³-hybridized carbons (Fsp3) is 0.345. The first kappa shape index (κ1) is 25.4. The van der Waals surface area contributed by atoms with Crippen molar-refractivity contribution in [1.29, 1.82) is 0 Å². The van der Waals surface area contributed by atoms with Crippen LogP contribution in [0, 0.1) is 5.92 Å². The molecule has 0 radical (unpaired) electrons. The van der Waals surface area contributed by atoms with E-state index in [1.165, 1.54) is 4.90 Å². The zero-order chi connectivity index (χ0) is 25.7. The van der Waals surface area contributed by atoms with Crippen molar-refractivity contribution >= 4 is 28.5 Å². The van der Waals surface area contributed by atoms with Crippen LogP contribution in [0.4, 0.5) is 0 Å². The Hall–Kier alpha value is -3.71. The van der Waals surface area contributed by atoms with E-state index in [1.54, 1.807) is 26.0 Å². The smallest absolute Gasteiger partial charge is 0.246 e. The molecule has 3 aromatic rings. The number of hydrogen-bond acceptors (Lipinski definition) is 4. The van der Waals surface area contributed by atoms with Crippen LogP contribution in [0.3, 0.4) is 0 Å². The third kappa shape index (κ3) is 5.57. The number of hydrogen-bond donors (Lipinski definition) is 2. The minimum Gasteiger partial charge on any atom is -0.357 e. The third-order valence-electron chi connectivity index (χ3n) is 7.11. The first-order valence-electron chi connectivity index (χ1n) is 12.4. The molecule has 7 heteroatoms. The quantitative estimate of drug-likeness (QED) is 0.486. The van der Waals surface area contributed by atoms with E-state index in [2.05, 4.69) is 16.7 Å². The van der Waals surface area contributed by atoms with Gasteiger partial charge in [0.25, 0.3) is 0 Å². The summed E-state index contributed by atoms with van der Waals surface area (Å²) >= 11 is 0. The zero-order valence-corrected chi connectivity index (χ0v) is 21.1. The monoisotopic (exact) mass is 486 g/mol. The van der Waals surface area contributed by atoms with Crippen molar-refractivity contribution in [2.75, 3.05) is 34.2 Å². The molecule has 188 valence electrons. The maximum atomic E-state index is 14.0. The summed E-state index contributed by atoms with van der Waals surface area (Å²) in [7, 11) is 4.93. The molecule has 0 unspecified atom stereocenters. The van der Waals surface area contributed by atoms with Gasteiger partial charge in [0.05, 0.1) is 5.92 Å². The van der Waals surface area contributed by atoms with Crippen LogP contribution in [0.1, 0.15) is 11.1 Å². The molecule has 7 nitrogen and oxygen atoms in total. The summed E-state index contributed by atoms with van der Waals surface area (Å²) in [6.07, 6.45) is 0.748. The number of nitrogens with zero attached hydrogens (tertiary/aromatic N) is 2. The Labute approximate surface area is 212 Å². The highest BCUT2D eigenvalue weighted by Gasteiger charge is 2.37. The highest BCUT2D eigenvalue weighted by molar-refractivity contribution is 5.93. The van der Waals surface area contributed by atoms with Gasteiger partial charge in [-0.15, -0.1) is 0 Å². The van der Waals surface area contributed by atoms with Crippen LogP contribution in [0.2, 0.25) is 0 Å². The van der Waals surface area contributed by atoms with E-state index in [4.69, 9.17) is 0 Å². The number of amides is 3. The Kier molecular flexibility index (Phi) is 8.00. The summed E-state index contributed by atoms with van der Waals surface area (Å²) in [6.45, 7) is 1.23. The molecule has 0 aromatic heterocycles. The maximum absolute atomic E-state index is 14.0. The van der Waals surface area contributed by atoms with Crippen LogP contribution >= 0.6 is 0 Å². The van der Waals surface area contributed by atoms with Gasteiger partial charge in [-0.05, 0) is 21.9 Å². The van der Waals surface area contributed by atoms with E-state index < -0.39 is 12.1 Å². The Bertz CT molecular complexity index is 1230. The highest BCUT2D eigenvalue weighted by Crippen LogP contribution is 2.21. The fourth-order valence-electron chi connectivity index (χ4n) is 4.68. The van der Waals surface area contributed by atoms with Crippen LogP contribution in [-0.4, -0.2) is 73.8 Å². The topological polar surface area (TPSA) is 81.8 Å². The van der Waals surface area contributed by atoms with E-state index in [1.807, 2.05) is 66.7 Å². The molecule has 0 saturated carbocycles. The second-order valence-electron chi connectivity index (χ2n) is 9.47. The molecular weight excluding hydrogens is 452 g/mol. The first-order valence-corrected chi connectivity index (χ1v) is 12.4. The Morgan fingerprint density at radius 3 is 2.11 bits per heavy atom. The van der Waals surface area contributed by atoms with E-state index in [0.717, 1.165) is 21.9 Å². The van der Waals surface area contributed by atoms with E-state index in [9.17, 15) is 14.4 Å². The number of carbonyl (C=O) groups excluding carboxylic acids is 3. The minimum absolute atomic E-state index is 0.0548. The highest BCUT2D eigenvalue weighted by atomic mass is 16.2. The number of likely N-dealkylation sites (N-methyl/N-ethyl adjacent to an activating group) is 3. The lowest BCUT2D eigenvalue weighted by Gasteiger charge is -2.37. The van der Waals surface area contributed by atoms with Gasteiger partial charge in [0, 0.05) is 47.1 Å². The number of carbonyl (C=O) groups is 3. The van der Waals surface area contributed by atoms with Crippen LogP contribution < -0.4 is 10.6 Å². The summed E-state index contributed by atoms with van der Waals surface area (Å²) in [4.78, 5) is 43.1. The maximum Gasteiger partial charge on any atom is 0.246 e. The van der Waals surface area contributed by atoms with Gasteiger partial charge in [-0.2, -0.15) is 0 Å². The Morgan fingerprint density at radius 1 is 0.833 bits per heavy atom. The van der Waals surface area contributed by atoms with E-state index in [0.29, 0.717) is 25.9 Å². The molecule has 1 aliphatic heterocycles. The molecule has 1 aliphatic rings. The predicted octanol–water partition coefficient (Wildman–Crippen LogP) is 2.24. The van der Waals surface area contributed by atoms with Crippen LogP contribution in [0.25, 0.3) is 10.8 Å². The average Bonchev–Trinajstić information content (AvgIpc) is 2.88. The zero-order valence-electron chi connectivity index (χ0n) is 21.1. The summed E-state index contributed by atoms with van der Waals surface area (Å²) in [5, 5.41) is 8.03. The number of fused-ring (bicyclic) bond motifs is 1. The SMILES string of the molecule is CNC(=O)[C@@H](Cc1ccccc1)N(C)C(=O)[C@H](Cc1ccc2ccccc2c1)N(C)C(=O)C1CNC1. The molecule has 36 heavy (non-hydrogen) atoms. The lowest BCUT2D eigenvalue weighted by atomic mass is 9.96. The van der Waals surface area contributed by atoms with Crippen molar-refractivity contribution in [1.82, 2.24) is 20.4 Å². The van der Waals surface area contributed by atoms with Gasteiger partial charge in [-0.3, -0.25) is 14.4 Å². The van der Waals surface area contributed by atoms with Gasteiger partial charge in [0.1, 0.15) is 12.1 Å². The summed E-state index contributed by atoms with van der Waals surface area (Å²) in [5.74, 6) is -0.681. The van der Waals surface area contributed by atoms with E-state index in [-0.39, 0.29) is 23.6 Å². The standard InChI is InChI=1S/C29H34N4O3/c1-30-27(34)25(16-20-9-5-4-6-10-20)32(2)29(36)26(33(3)28(35)24-18-31-19-24)17-21-13-14-22-11-7-8-12-23(22)15-21/h4-15,24-26,31H,16-19H2,1-3H3,(H,30,34)/t25-,26+/m1/s1. The lowest BCUT2D eigenvalue weighted by molar-refractivity contribution is -0.149. The van der Waals surface area contributed by atoms with Crippen molar-refractivity contribution in [3.8, 4) is 0 Å². The molecule has 4 rings (SSSR count). The third-order valence-corrected chi connectivity index (χ3v) is 7.11. The normalized spacial score (nSPS) is 15.0. The van der Waals surface area contributed by atoms with Crippen molar-refractivity contribution in [3.05, 3.63) is 83.9 Å². The second-order valence-corrected chi connectivity index (χ2v) is 9.47. The minimum atomic E-state index is -0.729. The molecule has 3 aromatic carbocycles. The molecule has 1 heterocycles. The van der Waals surface area contributed by atoms with Crippen LogP contribution in [0.15, 0.2) is 72.8 Å². The van der Waals surface area contributed by atoms with Crippen molar-refractivity contribution < 1.29 is 14.4 Å². The average molecular weight is 487 g/mol. The number of nitrogens with one attached hydrogen (secondary N) is 2. The second kappa shape index (κ2) is 11.4. The van der Waals surface area contributed by atoms with Gasteiger partial charge < -0.3 is 20.4 Å². The molecule has 1 fully saturated rings. The van der Waals surface area contributed by atoms with Crippen molar-refractivity contribution in [2.45, 2.75) is 24.9 Å². The van der Waals surface area contributed by atoms with E-state index >= 15 is 0 Å². The first-order chi connectivity index (χ1) is 17.4. The Balaban J connectivity index is 1.63. The molecule has 2 N–H and O–H groups in total. The van der Waals surface area contributed by atoms with Gasteiger partial charge in [0.2, 0.25) is 17.7 Å². The molecule has 3 amide bonds. The Morgan fingerprint density at radius 2 is 1.47 bits per heavy atom. The van der Waals surface area contributed by atoms with Crippen molar-refractivity contribution in [2.24, 2.45) is 5.92 Å². The lowest BCUT2D eigenvalue weighted by Crippen LogP contribution is -2.59. The number of rotatable bonds is 9. The largest absolute Gasteiger partial charge is 0.357 e. The molecule has 0 spiro atoms. The predicted molar refractivity (Wildman–Crippen MR) is 141 cm³/mol. The fourth-order valence-corrected chi connectivity index (χ4v) is 4.68. The molecule has 0 bridgehead atoms. The molecule has 2 atom stereocenters. The van der Waals surface area contributed by atoms with Gasteiger partial charge in [0.15, 0.2) is 0 Å². The summed E-state index contributed by atoms with van der Waals surface area (Å²) in [5.41, 5.74) is 1.92. The summed E-state index contributed by atoms with van der Waals surface area (Å²) < 4.78 is 0.